The van der Waals surface area contributed by atoms with E-state index in [1.54, 1.807) is 0 Å². The first kappa shape index (κ1) is 13.5. The zero-order valence-electron chi connectivity index (χ0n) is 9.64. The Labute approximate surface area is 88.5 Å². The Hall–Kier alpha value is -0.530. The number of amides is 1. The van der Waals surface area contributed by atoms with Gasteiger partial charge < -0.3 is 5.32 Å². The van der Waals surface area contributed by atoms with Crippen molar-refractivity contribution in [3.8, 4) is 0 Å². The topological polar surface area (TPSA) is 29.1 Å². The van der Waals surface area contributed by atoms with Crippen molar-refractivity contribution in [2.24, 2.45) is 0 Å². The van der Waals surface area contributed by atoms with E-state index < -0.39 is 0 Å². The molecule has 0 aromatic carbocycles. The van der Waals surface area contributed by atoms with Crippen molar-refractivity contribution in [2.75, 3.05) is 0 Å². The van der Waals surface area contributed by atoms with Crippen LogP contribution in [0.1, 0.15) is 65.2 Å². The first-order chi connectivity index (χ1) is 6.85. The summed E-state index contributed by atoms with van der Waals surface area (Å²) in [5.74, 6) is 0. The third-order valence-corrected chi connectivity index (χ3v) is 2.58. The summed E-state index contributed by atoms with van der Waals surface area (Å²) in [4.78, 5) is 10.2. The largest absolute Gasteiger partial charge is 0.345 e. The summed E-state index contributed by atoms with van der Waals surface area (Å²) in [7, 11) is 0. The van der Waals surface area contributed by atoms with Crippen molar-refractivity contribution in [3.63, 3.8) is 0 Å². The minimum atomic E-state index is 0.366. The van der Waals surface area contributed by atoms with Crippen molar-refractivity contribution in [3.05, 3.63) is 0 Å². The van der Waals surface area contributed by atoms with E-state index >= 15 is 0 Å². The highest BCUT2D eigenvalue weighted by molar-refractivity contribution is 5.47. The van der Waals surface area contributed by atoms with Crippen LogP contribution in [0, 0.1) is 0 Å². The highest BCUT2D eigenvalue weighted by Crippen LogP contribution is 2.10. The van der Waals surface area contributed by atoms with E-state index in [0.29, 0.717) is 6.04 Å². The molecule has 0 aliphatic rings. The van der Waals surface area contributed by atoms with Crippen LogP contribution in [-0.2, 0) is 4.79 Å². The van der Waals surface area contributed by atoms with Crippen molar-refractivity contribution in [2.45, 2.75) is 71.3 Å². The second-order valence-corrected chi connectivity index (χ2v) is 3.93. The minimum absolute atomic E-state index is 0.366. The third kappa shape index (κ3) is 8.09. The van der Waals surface area contributed by atoms with Gasteiger partial charge in [0.25, 0.3) is 0 Å². The average Bonchev–Trinajstić information content (AvgIpc) is 2.18. The highest BCUT2D eigenvalue weighted by Gasteiger charge is 2.06. The highest BCUT2D eigenvalue weighted by atomic mass is 16.1. The molecule has 0 saturated carbocycles. The molecule has 14 heavy (non-hydrogen) atoms. The van der Waals surface area contributed by atoms with Crippen LogP contribution in [0.4, 0.5) is 0 Å². The van der Waals surface area contributed by atoms with Gasteiger partial charge in [-0.05, 0) is 12.8 Å². The van der Waals surface area contributed by atoms with Gasteiger partial charge in [0.1, 0.15) is 0 Å². The molecule has 0 unspecified atom stereocenters. The summed E-state index contributed by atoms with van der Waals surface area (Å²) in [6, 6.07) is 0.366. The third-order valence-electron chi connectivity index (χ3n) is 2.58. The minimum Gasteiger partial charge on any atom is -0.345 e. The van der Waals surface area contributed by atoms with Crippen LogP contribution in [0.2, 0.25) is 0 Å². The monoisotopic (exact) mass is 198 g/mol. The number of rotatable bonds is 10. The SMILES string of the molecule is CCCCCC(CCCCC)N[C]=O. The van der Waals surface area contributed by atoms with Crippen molar-refractivity contribution >= 4 is 6.41 Å². The molecule has 0 aliphatic heterocycles. The smallest absolute Gasteiger partial charge is 0.309 e. The predicted octanol–water partition coefficient (Wildman–Crippen LogP) is 3.17. The molecule has 0 heterocycles. The van der Waals surface area contributed by atoms with Gasteiger partial charge in [0.15, 0.2) is 0 Å². The van der Waals surface area contributed by atoms with Gasteiger partial charge in [-0.15, -0.1) is 0 Å². The molecule has 0 atom stereocenters. The van der Waals surface area contributed by atoms with Crippen LogP contribution in [0.15, 0.2) is 0 Å². The Morgan fingerprint density at radius 1 is 1.00 bits per heavy atom. The van der Waals surface area contributed by atoms with E-state index in [2.05, 4.69) is 19.2 Å². The van der Waals surface area contributed by atoms with E-state index in [0.717, 1.165) is 12.8 Å². The van der Waals surface area contributed by atoms with E-state index in [4.69, 9.17) is 0 Å². The number of unbranched alkanes of at least 4 members (excludes halogenated alkanes) is 4. The molecule has 1 N–H and O–H groups in total. The summed E-state index contributed by atoms with van der Waals surface area (Å²) in [6.45, 7) is 4.40. The summed E-state index contributed by atoms with van der Waals surface area (Å²) in [5.41, 5.74) is 0. The fraction of sp³-hybridized carbons (Fsp3) is 0.917. The second-order valence-electron chi connectivity index (χ2n) is 3.93. The molecule has 0 spiro atoms. The molecule has 1 amide bonds. The van der Waals surface area contributed by atoms with Gasteiger partial charge in [0.05, 0.1) is 0 Å². The molecule has 1 radical (unpaired) electrons. The Kier molecular flexibility index (Phi) is 10.2. The molecule has 0 rings (SSSR count). The average molecular weight is 198 g/mol. The number of nitrogens with one attached hydrogen (secondary N) is 1. The van der Waals surface area contributed by atoms with Gasteiger partial charge in [0.2, 0.25) is 0 Å². The van der Waals surface area contributed by atoms with Crippen molar-refractivity contribution < 1.29 is 4.79 Å². The van der Waals surface area contributed by atoms with Crippen LogP contribution in [0.3, 0.4) is 0 Å². The molecule has 2 heteroatoms. The molecule has 0 saturated heterocycles. The number of carbonyl (C=O) groups excluding carboxylic acids is 1. The second kappa shape index (κ2) is 10.6. The summed E-state index contributed by atoms with van der Waals surface area (Å²) < 4.78 is 0. The lowest BCUT2D eigenvalue weighted by atomic mass is 10.0. The van der Waals surface area contributed by atoms with Gasteiger partial charge in [-0.2, -0.15) is 0 Å². The van der Waals surface area contributed by atoms with Crippen LogP contribution in [0.5, 0.6) is 0 Å². The van der Waals surface area contributed by atoms with Gasteiger partial charge >= 0.3 is 6.41 Å². The van der Waals surface area contributed by atoms with E-state index in [9.17, 15) is 4.79 Å². The van der Waals surface area contributed by atoms with E-state index in [1.807, 2.05) is 6.41 Å². The lowest BCUT2D eigenvalue weighted by molar-refractivity contribution is 0.450. The van der Waals surface area contributed by atoms with E-state index in [1.165, 1.54) is 38.5 Å². The predicted molar refractivity (Wildman–Crippen MR) is 60.9 cm³/mol. The fourth-order valence-electron chi connectivity index (χ4n) is 1.65. The molecular weight excluding hydrogens is 174 g/mol. The standard InChI is InChI=1S/C12H24NO/c1-3-5-7-9-12(13-11-14)10-8-6-4-2/h12H,3-10H2,1-2H3,(H,13,14). The first-order valence-corrected chi connectivity index (χ1v) is 5.97. The van der Waals surface area contributed by atoms with E-state index in [-0.39, 0.29) is 0 Å². The normalized spacial score (nSPS) is 10.5. The zero-order valence-corrected chi connectivity index (χ0v) is 9.64. The van der Waals surface area contributed by atoms with Crippen LogP contribution >= 0.6 is 0 Å². The molecule has 0 bridgehead atoms. The van der Waals surface area contributed by atoms with Crippen LogP contribution in [0.25, 0.3) is 0 Å². The molecule has 0 aliphatic carbocycles. The van der Waals surface area contributed by atoms with Crippen molar-refractivity contribution in [1.29, 1.82) is 0 Å². The van der Waals surface area contributed by atoms with Crippen LogP contribution in [-0.4, -0.2) is 12.5 Å². The maximum absolute atomic E-state index is 10.2. The molecule has 83 valence electrons. The maximum atomic E-state index is 10.2. The summed E-state index contributed by atoms with van der Waals surface area (Å²) in [6.07, 6.45) is 11.5. The van der Waals surface area contributed by atoms with Gasteiger partial charge in [-0.3, -0.25) is 4.79 Å². The number of hydrogen-bond donors (Lipinski definition) is 1. The summed E-state index contributed by atoms with van der Waals surface area (Å²) in [5, 5.41) is 2.79. The molecule has 0 fully saturated rings. The Morgan fingerprint density at radius 3 is 1.86 bits per heavy atom. The number of hydrogen-bond acceptors (Lipinski definition) is 1. The summed E-state index contributed by atoms with van der Waals surface area (Å²) >= 11 is 0. The lowest BCUT2D eigenvalue weighted by Crippen LogP contribution is -2.27. The zero-order chi connectivity index (χ0) is 10.6. The van der Waals surface area contributed by atoms with Gasteiger partial charge in [0, 0.05) is 6.04 Å². The molecule has 0 aromatic rings. The van der Waals surface area contributed by atoms with Gasteiger partial charge in [-0.1, -0.05) is 52.4 Å². The first-order valence-electron chi connectivity index (χ1n) is 5.97. The van der Waals surface area contributed by atoms with Gasteiger partial charge in [-0.25, -0.2) is 0 Å². The molecule has 0 aromatic heterocycles. The Bertz CT molecular complexity index is 115. The fourth-order valence-corrected chi connectivity index (χ4v) is 1.65. The quantitative estimate of drug-likeness (QED) is 0.424. The molecule has 2 nitrogen and oxygen atoms in total. The lowest BCUT2D eigenvalue weighted by Gasteiger charge is -2.14. The molecular formula is C12H24NO. The Morgan fingerprint density at radius 2 is 1.50 bits per heavy atom. The van der Waals surface area contributed by atoms with Crippen LogP contribution < -0.4 is 5.32 Å². The van der Waals surface area contributed by atoms with Crippen molar-refractivity contribution in [1.82, 2.24) is 5.32 Å². The Balaban J connectivity index is 3.49. The maximum Gasteiger partial charge on any atom is 0.309 e.